The summed E-state index contributed by atoms with van der Waals surface area (Å²) in [5.41, 5.74) is 6.77. The number of hydrogen-bond acceptors (Lipinski definition) is 6. The van der Waals surface area contributed by atoms with Gasteiger partial charge < -0.3 is 20.1 Å². The minimum atomic E-state index is -0.151. The number of amides is 2. The van der Waals surface area contributed by atoms with E-state index in [2.05, 4.69) is 44.6 Å². The molecule has 3 aromatic carbocycles. The van der Waals surface area contributed by atoms with E-state index in [0.29, 0.717) is 22.0 Å². The van der Waals surface area contributed by atoms with E-state index < -0.39 is 0 Å². The third kappa shape index (κ3) is 5.21. The Kier molecular flexibility index (Phi) is 7.28. The Balaban J connectivity index is 1.20. The molecule has 41 heavy (non-hydrogen) atoms. The highest BCUT2D eigenvalue weighted by atomic mass is 35.5. The highest BCUT2D eigenvalue weighted by molar-refractivity contribution is 6.33. The molecule has 2 aliphatic heterocycles. The number of nitrogens with zero attached hydrogens (tertiary/aromatic N) is 3. The highest BCUT2D eigenvalue weighted by Crippen LogP contribution is 2.40. The molecule has 0 bridgehead atoms. The first-order valence-electron chi connectivity index (χ1n) is 13.8. The maximum Gasteiger partial charge on any atom is 0.256 e. The normalized spacial score (nSPS) is 18.7. The molecule has 2 atom stereocenters. The SMILES string of the molecule is Cc1noc(C)c1CC(=O)Nc1ccc(N2CCN(C3c4ccccc4NC(=O)c4ccccc43)C[C@H]2C)c(Cl)c1. The van der Waals surface area contributed by atoms with Crippen molar-refractivity contribution in [3.8, 4) is 0 Å². The molecule has 1 aromatic heterocycles. The summed E-state index contributed by atoms with van der Waals surface area (Å²) < 4.78 is 5.17. The lowest BCUT2D eigenvalue weighted by Gasteiger charge is -2.45. The Hall–Kier alpha value is -4.14. The van der Waals surface area contributed by atoms with E-state index in [1.165, 1.54) is 0 Å². The molecule has 8 nitrogen and oxygen atoms in total. The van der Waals surface area contributed by atoms with Crippen molar-refractivity contribution in [3.05, 3.63) is 105 Å². The van der Waals surface area contributed by atoms with Crippen LogP contribution in [-0.2, 0) is 11.2 Å². The number of halogens is 1. The molecular weight excluding hydrogens is 538 g/mol. The van der Waals surface area contributed by atoms with Crippen molar-refractivity contribution in [1.82, 2.24) is 10.1 Å². The number of aryl methyl sites for hydroxylation is 2. The zero-order valence-electron chi connectivity index (χ0n) is 23.3. The van der Waals surface area contributed by atoms with Gasteiger partial charge in [0.25, 0.3) is 5.91 Å². The predicted molar refractivity (Wildman–Crippen MR) is 161 cm³/mol. The van der Waals surface area contributed by atoms with Crippen molar-refractivity contribution in [2.75, 3.05) is 35.2 Å². The lowest BCUT2D eigenvalue weighted by molar-refractivity contribution is -0.115. The number of hydrogen-bond donors (Lipinski definition) is 2. The van der Waals surface area contributed by atoms with Crippen LogP contribution in [0.4, 0.5) is 17.1 Å². The lowest BCUT2D eigenvalue weighted by atomic mass is 9.92. The van der Waals surface area contributed by atoms with Crippen LogP contribution in [0.2, 0.25) is 5.02 Å². The Labute approximate surface area is 244 Å². The smallest absolute Gasteiger partial charge is 0.256 e. The number of aromatic nitrogens is 1. The second kappa shape index (κ2) is 11.0. The lowest BCUT2D eigenvalue weighted by Crippen LogP contribution is -2.53. The number of fused-ring (bicyclic) bond motifs is 2. The Morgan fingerprint density at radius 1 is 1.07 bits per heavy atom. The molecule has 0 saturated carbocycles. The summed E-state index contributed by atoms with van der Waals surface area (Å²) in [4.78, 5) is 30.5. The molecular formula is C32H32ClN5O3. The number of carbonyl (C=O) groups is 2. The average Bonchev–Trinajstić information content (AvgIpc) is 3.20. The standard InChI is InChI=1S/C32H32ClN5O3/c1-19-18-37(31-23-8-4-5-9-24(23)32(40)35-28-11-7-6-10-25(28)31)14-15-38(19)29-13-12-22(16-27(29)33)34-30(39)17-26-20(2)36-41-21(26)3/h4-13,16,19,31H,14-15,17-18H2,1-3H3,(H,34,39)(H,35,40)/t19-,31?/m1/s1. The molecule has 1 saturated heterocycles. The van der Waals surface area contributed by atoms with E-state index >= 15 is 0 Å². The first-order chi connectivity index (χ1) is 19.8. The second-order valence-electron chi connectivity index (χ2n) is 10.8. The van der Waals surface area contributed by atoms with Crippen LogP contribution in [0.3, 0.4) is 0 Å². The van der Waals surface area contributed by atoms with Gasteiger partial charge >= 0.3 is 0 Å². The largest absolute Gasteiger partial charge is 0.365 e. The van der Waals surface area contributed by atoms with Crippen molar-refractivity contribution in [3.63, 3.8) is 0 Å². The van der Waals surface area contributed by atoms with Crippen LogP contribution < -0.4 is 15.5 Å². The van der Waals surface area contributed by atoms with Crippen molar-refractivity contribution >= 4 is 40.5 Å². The van der Waals surface area contributed by atoms with E-state index in [1.807, 2.05) is 55.5 Å². The minimum absolute atomic E-state index is 0.0447. The van der Waals surface area contributed by atoms with Gasteiger partial charge in [-0.3, -0.25) is 14.5 Å². The summed E-state index contributed by atoms with van der Waals surface area (Å²) >= 11 is 6.78. The number of para-hydroxylation sites is 1. The zero-order valence-corrected chi connectivity index (χ0v) is 24.0. The van der Waals surface area contributed by atoms with Gasteiger partial charge in [-0.2, -0.15) is 0 Å². The molecule has 9 heteroatoms. The first-order valence-corrected chi connectivity index (χ1v) is 14.2. The number of rotatable bonds is 5. The van der Waals surface area contributed by atoms with Crippen LogP contribution in [0.5, 0.6) is 0 Å². The number of nitrogens with one attached hydrogen (secondary N) is 2. The molecule has 0 spiro atoms. The number of carbonyl (C=O) groups excluding carboxylic acids is 2. The summed E-state index contributed by atoms with van der Waals surface area (Å²) in [5.74, 6) is 0.424. The van der Waals surface area contributed by atoms with Gasteiger partial charge in [0.1, 0.15) is 5.76 Å². The van der Waals surface area contributed by atoms with Crippen molar-refractivity contribution in [2.24, 2.45) is 0 Å². The van der Waals surface area contributed by atoms with E-state index in [-0.39, 0.29) is 30.3 Å². The van der Waals surface area contributed by atoms with Crippen molar-refractivity contribution < 1.29 is 14.1 Å². The van der Waals surface area contributed by atoms with Crippen LogP contribution >= 0.6 is 11.6 Å². The van der Waals surface area contributed by atoms with Gasteiger partial charge in [-0.25, -0.2) is 0 Å². The summed E-state index contributed by atoms with van der Waals surface area (Å²) in [6.45, 7) is 8.17. The summed E-state index contributed by atoms with van der Waals surface area (Å²) in [6.07, 6.45) is 0.189. The van der Waals surface area contributed by atoms with Crippen LogP contribution in [-0.4, -0.2) is 47.5 Å². The van der Waals surface area contributed by atoms with Crippen LogP contribution in [0, 0.1) is 13.8 Å². The second-order valence-corrected chi connectivity index (χ2v) is 11.2. The fraction of sp³-hybridized carbons (Fsp3) is 0.281. The van der Waals surface area contributed by atoms with Crippen LogP contribution in [0.25, 0.3) is 0 Å². The highest BCUT2D eigenvalue weighted by Gasteiger charge is 2.35. The molecule has 210 valence electrons. The molecule has 1 unspecified atom stereocenters. The van der Waals surface area contributed by atoms with E-state index in [1.54, 1.807) is 13.0 Å². The zero-order chi connectivity index (χ0) is 28.7. The monoisotopic (exact) mass is 569 g/mol. The topological polar surface area (TPSA) is 90.7 Å². The number of benzene rings is 3. The molecule has 0 radical (unpaired) electrons. The van der Waals surface area contributed by atoms with Gasteiger partial charge in [0.05, 0.1) is 28.9 Å². The van der Waals surface area contributed by atoms with E-state index in [9.17, 15) is 9.59 Å². The minimum Gasteiger partial charge on any atom is -0.365 e. The Morgan fingerprint density at radius 2 is 1.83 bits per heavy atom. The van der Waals surface area contributed by atoms with Gasteiger partial charge in [-0.15, -0.1) is 0 Å². The third-order valence-electron chi connectivity index (χ3n) is 8.09. The van der Waals surface area contributed by atoms with Crippen LogP contribution in [0.15, 0.2) is 71.3 Å². The van der Waals surface area contributed by atoms with Gasteiger partial charge in [0.15, 0.2) is 0 Å². The van der Waals surface area contributed by atoms with E-state index in [0.717, 1.165) is 53.4 Å². The predicted octanol–water partition coefficient (Wildman–Crippen LogP) is 5.99. The summed E-state index contributed by atoms with van der Waals surface area (Å²) in [6, 6.07) is 21.7. The molecule has 2 N–H and O–H groups in total. The number of piperazine rings is 1. The molecule has 1 fully saturated rings. The van der Waals surface area contributed by atoms with Gasteiger partial charge in [-0.05, 0) is 62.2 Å². The summed E-state index contributed by atoms with van der Waals surface area (Å²) in [7, 11) is 0. The molecule has 2 aliphatic rings. The fourth-order valence-corrected chi connectivity index (χ4v) is 6.35. The van der Waals surface area contributed by atoms with E-state index in [4.69, 9.17) is 16.1 Å². The van der Waals surface area contributed by atoms with Crippen molar-refractivity contribution in [2.45, 2.75) is 39.3 Å². The summed E-state index contributed by atoms with van der Waals surface area (Å²) in [5, 5.41) is 10.6. The van der Waals surface area contributed by atoms with Gasteiger partial charge in [-0.1, -0.05) is 53.2 Å². The molecule has 3 heterocycles. The van der Waals surface area contributed by atoms with Crippen LogP contribution in [0.1, 0.15) is 51.5 Å². The number of anilines is 3. The third-order valence-corrected chi connectivity index (χ3v) is 8.39. The maximum absolute atomic E-state index is 13.1. The fourth-order valence-electron chi connectivity index (χ4n) is 6.06. The molecule has 6 rings (SSSR count). The maximum atomic E-state index is 13.1. The average molecular weight is 570 g/mol. The first kappa shape index (κ1) is 27.1. The Bertz CT molecular complexity index is 1610. The Morgan fingerprint density at radius 3 is 2.56 bits per heavy atom. The molecule has 4 aromatic rings. The quantitative estimate of drug-likeness (QED) is 0.307. The van der Waals surface area contributed by atoms with Gasteiger partial charge in [0.2, 0.25) is 5.91 Å². The molecule has 0 aliphatic carbocycles. The van der Waals surface area contributed by atoms with Gasteiger partial charge in [0, 0.05) is 48.2 Å². The molecule has 2 amide bonds. The van der Waals surface area contributed by atoms with Crippen molar-refractivity contribution in [1.29, 1.82) is 0 Å².